The maximum Gasteiger partial charge on any atom is 0.234 e. The molecule has 1 aromatic carbocycles. The van der Waals surface area contributed by atoms with Crippen LogP contribution in [0.25, 0.3) is 15.7 Å². The van der Waals surface area contributed by atoms with Crippen LogP contribution in [0.2, 0.25) is 0 Å². The minimum atomic E-state index is -0.0125. The van der Waals surface area contributed by atoms with Gasteiger partial charge in [-0.15, -0.1) is 10.2 Å². The SMILES string of the molecule is CCCNC(=O)CN1CCc2nn(-c3nnc(-c4ccc(OC(C)C)c(C#N)c4)s3)c(C)c2C1. The Morgan fingerprint density at radius 2 is 2.18 bits per heavy atom. The maximum absolute atomic E-state index is 12.1. The smallest absolute Gasteiger partial charge is 0.234 e. The van der Waals surface area contributed by atoms with Gasteiger partial charge in [-0.3, -0.25) is 9.69 Å². The molecule has 0 unspecified atom stereocenters. The molecule has 4 rings (SSSR count). The van der Waals surface area contributed by atoms with E-state index in [-0.39, 0.29) is 12.0 Å². The quantitative estimate of drug-likeness (QED) is 0.528. The number of nitrogens with one attached hydrogen (secondary N) is 1. The summed E-state index contributed by atoms with van der Waals surface area (Å²) in [6.45, 7) is 10.5. The fourth-order valence-electron chi connectivity index (χ4n) is 3.94. The van der Waals surface area contributed by atoms with Crippen LogP contribution in [0, 0.1) is 18.3 Å². The van der Waals surface area contributed by atoms with Gasteiger partial charge in [0, 0.05) is 42.9 Å². The summed E-state index contributed by atoms with van der Waals surface area (Å²) in [5.41, 5.74) is 4.48. The number of fused-ring (bicyclic) bond motifs is 1. The fraction of sp³-hybridized carbons (Fsp3) is 0.458. The fourth-order valence-corrected chi connectivity index (χ4v) is 4.78. The number of amides is 1. The van der Waals surface area contributed by atoms with Crippen molar-refractivity contribution in [2.45, 2.75) is 53.2 Å². The zero-order chi connectivity index (χ0) is 24.2. The predicted molar refractivity (Wildman–Crippen MR) is 130 cm³/mol. The van der Waals surface area contributed by atoms with Gasteiger partial charge in [-0.2, -0.15) is 10.4 Å². The number of aromatic nitrogens is 4. The number of hydrogen-bond acceptors (Lipinski definition) is 8. The van der Waals surface area contributed by atoms with Gasteiger partial charge in [0.25, 0.3) is 0 Å². The van der Waals surface area contributed by atoms with E-state index >= 15 is 0 Å². The van der Waals surface area contributed by atoms with Crippen LogP contribution in [0.4, 0.5) is 0 Å². The molecule has 9 nitrogen and oxygen atoms in total. The van der Waals surface area contributed by atoms with E-state index in [1.165, 1.54) is 11.3 Å². The molecule has 0 saturated heterocycles. The van der Waals surface area contributed by atoms with Crippen molar-refractivity contribution in [3.63, 3.8) is 0 Å². The molecule has 2 aromatic heterocycles. The number of rotatable bonds is 8. The van der Waals surface area contributed by atoms with Crippen LogP contribution in [0.15, 0.2) is 18.2 Å². The third-order valence-corrected chi connectivity index (χ3v) is 6.56. The zero-order valence-electron chi connectivity index (χ0n) is 20.0. The average molecular weight is 480 g/mol. The Balaban J connectivity index is 1.53. The molecule has 10 heteroatoms. The Morgan fingerprint density at radius 3 is 2.91 bits per heavy atom. The summed E-state index contributed by atoms with van der Waals surface area (Å²) >= 11 is 1.43. The van der Waals surface area contributed by atoms with E-state index in [1.807, 2.05) is 38.4 Å². The molecule has 0 aliphatic carbocycles. The lowest BCUT2D eigenvalue weighted by Gasteiger charge is -2.25. The van der Waals surface area contributed by atoms with Crippen molar-refractivity contribution >= 4 is 17.2 Å². The molecule has 1 aliphatic heterocycles. The van der Waals surface area contributed by atoms with Crippen molar-refractivity contribution in [1.29, 1.82) is 5.26 Å². The van der Waals surface area contributed by atoms with Crippen LogP contribution < -0.4 is 10.1 Å². The molecule has 0 atom stereocenters. The van der Waals surface area contributed by atoms with Gasteiger partial charge in [0.2, 0.25) is 11.0 Å². The minimum absolute atomic E-state index is 0.0125. The van der Waals surface area contributed by atoms with E-state index in [2.05, 4.69) is 26.5 Å². The van der Waals surface area contributed by atoms with Crippen LogP contribution in [0.1, 0.15) is 49.7 Å². The van der Waals surface area contributed by atoms with Crippen molar-refractivity contribution in [3.05, 3.63) is 40.7 Å². The standard InChI is InChI=1S/C24H29N7O2S/c1-5-9-26-22(32)14-30-10-8-20-19(13-30)16(4)31(29-20)24-28-27-23(34-24)17-6-7-21(33-15(2)3)18(11-17)12-25/h6-7,11,15H,5,8-10,13-14H2,1-4H3,(H,26,32). The number of nitriles is 1. The van der Waals surface area contributed by atoms with E-state index in [1.54, 1.807) is 12.1 Å². The Kier molecular flexibility index (Phi) is 7.24. The van der Waals surface area contributed by atoms with Crippen molar-refractivity contribution in [3.8, 4) is 27.5 Å². The number of benzene rings is 1. The van der Waals surface area contributed by atoms with Crippen LogP contribution in [-0.2, 0) is 17.8 Å². The summed E-state index contributed by atoms with van der Waals surface area (Å²) in [7, 11) is 0. The van der Waals surface area contributed by atoms with Gasteiger partial charge >= 0.3 is 0 Å². The first-order chi connectivity index (χ1) is 16.4. The van der Waals surface area contributed by atoms with Gasteiger partial charge in [-0.25, -0.2) is 4.68 Å². The summed E-state index contributed by atoms with van der Waals surface area (Å²) < 4.78 is 7.56. The highest BCUT2D eigenvalue weighted by atomic mass is 32.1. The molecule has 1 amide bonds. The number of hydrogen-bond donors (Lipinski definition) is 1. The second-order valence-corrected chi connectivity index (χ2v) is 9.57. The Labute approximate surface area is 203 Å². The number of carbonyl (C=O) groups is 1. The van der Waals surface area contributed by atoms with Crippen LogP contribution in [0.3, 0.4) is 0 Å². The Bertz CT molecular complexity index is 1220. The topological polar surface area (TPSA) is 109 Å². The number of nitrogens with zero attached hydrogens (tertiary/aromatic N) is 6. The van der Waals surface area contributed by atoms with E-state index in [4.69, 9.17) is 9.84 Å². The molecular weight excluding hydrogens is 450 g/mol. The van der Waals surface area contributed by atoms with Crippen molar-refractivity contribution in [2.75, 3.05) is 19.6 Å². The van der Waals surface area contributed by atoms with Crippen molar-refractivity contribution < 1.29 is 9.53 Å². The van der Waals surface area contributed by atoms with Crippen LogP contribution >= 0.6 is 11.3 Å². The molecule has 178 valence electrons. The van der Waals surface area contributed by atoms with Gasteiger partial charge in [0.05, 0.1) is 23.9 Å². The minimum Gasteiger partial charge on any atom is -0.490 e. The third kappa shape index (κ3) is 5.11. The summed E-state index contributed by atoms with van der Waals surface area (Å²) in [5.74, 6) is 0.625. The third-order valence-electron chi connectivity index (χ3n) is 5.61. The predicted octanol–water partition coefficient (Wildman–Crippen LogP) is 3.24. The van der Waals surface area contributed by atoms with Gasteiger partial charge in [0.1, 0.15) is 16.8 Å². The molecule has 34 heavy (non-hydrogen) atoms. The summed E-state index contributed by atoms with van der Waals surface area (Å²) in [6, 6.07) is 7.68. The molecule has 3 heterocycles. The molecule has 0 fully saturated rings. The highest BCUT2D eigenvalue weighted by molar-refractivity contribution is 7.17. The lowest BCUT2D eigenvalue weighted by Crippen LogP contribution is -2.40. The molecule has 3 aromatic rings. The highest BCUT2D eigenvalue weighted by Gasteiger charge is 2.25. The van der Waals surface area contributed by atoms with Gasteiger partial charge in [-0.1, -0.05) is 18.3 Å². The molecule has 0 radical (unpaired) electrons. The normalized spacial score (nSPS) is 13.5. The first-order valence-corrected chi connectivity index (χ1v) is 12.3. The summed E-state index contributed by atoms with van der Waals surface area (Å²) in [4.78, 5) is 14.3. The van der Waals surface area contributed by atoms with E-state index in [0.29, 0.717) is 41.1 Å². The largest absolute Gasteiger partial charge is 0.490 e. The van der Waals surface area contributed by atoms with Crippen molar-refractivity contribution in [1.82, 2.24) is 30.2 Å². The first-order valence-electron chi connectivity index (χ1n) is 11.5. The molecule has 1 N–H and O–H groups in total. The van der Waals surface area contributed by atoms with Gasteiger partial charge < -0.3 is 10.1 Å². The molecule has 0 saturated carbocycles. The second kappa shape index (κ2) is 10.3. The van der Waals surface area contributed by atoms with E-state index < -0.39 is 0 Å². The zero-order valence-corrected chi connectivity index (χ0v) is 20.8. The molecule has 0 bridgehead atoms. The van der Waals surface area contributed by atoms with Crippen molar-refractivity contribution in [2.24, 2.45) is 0 Å². The van der Waals surface area contributed by atoms with Crippen LogP contribution in [-0.4, -0.2) is 56.5 Å². The Morgan fingerprint density at radius 1 is 1.35 bits per heavy atom. The summed E-state index contributed by atoms with van der Waals surface area (Å²) in [6.07, 6.45) is 1.71. The first kappa shape index (κ1) is 23.9. The number of ether oxygens (including phenoxy) is 1. The maximum atomic E-state index is 12.1. The number of carbonyl (C=O) groups excluding carboxylic acids is 1. The van der Waals surface area contributed by atoms with E-state index in [9.17, 15) is 10.1 Å². The van der Waals surface area contributed by atoms with Gasteiger partial charge in [-0.05, 0) is 45.4 Å². The summed E-state index contributed by atoms with van der Waals surface area (Å²) in [5, 5.41) is 27.4. The average Bonchev–Trinajstić information content (AvgIpc) is 3.43. The van der Waals surface area contributed by atoms with Crippen LogP contribution in [0.5, 0.6) is 5.75 Å². The van der Waals surface area contributed by atoms with Gasteiger partial charge in [0.15, 0.2) is 0 Å². The second-order valence-electron chi connectivity index (χ2n) is 8.61. The van der Waals surface area contributed by atoms with E-state index in [0.717, 1.165) is 41.9 Å². The lowest BCUT2D eigenvalue weighted by atomic mass is 10.1. The molecular formula is C24H29N7O2S. The monoisotopic (exact) mass is 479 g/mol. The molecule has 0 spiro atoms. The lowest BCUT2D eigenvalue weighted by molar-refractivity contribution is -0.122. The Hall–Kier alpha value is -3.29. The highest BCUT2D eigenvalue weighted by Crippen LogP contribution is 2.31. The molecule has 1 aliphatic rings.